The van der Waals surface area contributed by atoms with Crippen LogP contribution in [0, 0.1) is 11.8 Å². The molecule has 8 nitrogen and oxygen atoms in total. The SMILES string of the molecule is CNC.CNC(=O)c1ccc(C(=O)NC2=CC=C(NC(=O)c3ccc(C=O)cc3)C3CC23)cc1.[HH].[HH].[HH].[HH]. The number of allylic oxidation sites excluding steroid dienone is 4. The first-order chi connectivity index (χ1) is 16.4. The normalized spacial score (nSPS) is 17.5. The van der Waals surface area contributed by atoms with Crippen LogP contribution in [0.5, 0.6) is 0 Å². The zero-order valence-corrected chi connectivity index (χ0v) is 19.3. The molecule has 2 aliphatic carbocycles. The lowest BCUT2D eigenvalue weighted by atomic mass is 10.1. The van der Waals surface area contributed by atoms with Crippen molar-refractivity contribution < 1.29 is 24.9 Å². The Bertz CT molecular complexity index is 1150. The van der Waals surface area contributed by atoms with Gasteiger partial charge in [-0.3, -0.25) is 19.2 Å². The van der Waals surface area contributed by atoms with Crippen LogP contribution in [-0.4, -0.2) is 45.2 Å². The van der Waals surface area contributed by atoms with Crippen molar-refractivity contribution in [2.24, 2.45) is 11.8 Å². The maximum absolute atomic E-state index is 12.6. The average Bonchev–Trinajstić information content (AvgIpc) is 3.67. The lowest BCUT2D eigenvalue weighted by Gasteiger charge is -2.16. The molecule has 2 atom stereocenters. The quantitative estimate of drug-likeness (QED) is 0.486. The van der Waals surface area contributed by atoms with Gasteiger partial charge in [0.15, 0.2) is 0 Å². The minimum atomic E-state index is -0.239. The van der Waals surface area contributed by atoms with Crippen molar-refractivity contribution in [3.63, 3.8) is 0 Å². The molecular formula is C26H36N4O4. The largest absolute Gasteiger partial charge is 0.355 e. The number of benzene rings is 2. The Morgan fingerprint density at radius 1 is 0.735 bits per heavy atom. The Kier molecular flexibility index (Phi) is 8.10. The van der Waals surface area contributed by atoms with Gasteiger partial charge in [0.05, 0.1) is 0 Å². The Labute approximate surface area is 204 Å². The molecule has 2 unspecified atom stereocenters. The summed E-state index contributed by atoms with van der Waals surface area (Å²) in [6.07, 6.45) is 5.21. The van der Waals surface area contributed by atoms with Gasteiger partial charge >= 0.3 is 0 Å². The number of rotatable bonds is 6. The first-order valence-electron chi connectivity index (χ1n) is 10.9. The van der Waals surface area contributed by atoms with Gasteiger partial charge in [0.1, 0.15) is 6.29 Å². The van der Waals surface area contributed by atoms with E-state index in [-0.39, 0.29) is 35.3 Å². The van der Waals surface area contributed by atoms with Crippen molar-refractivity contribution in [2.45, 2.75) is 6.42 Å². The Balaban J connectivity index is 0. The van der Waals surface area contributed by atoms with Crippen LogP contribution in [-0.2, 0) is 0 Å². The third kappa shape index (κ3) is 5.85. The van der Waals surface area contributed by atoms with Crippen LogP contribution in [0.15, 0.2) is 72.1 Å². The molecule has 0 heterocycles. The fourth-order valence-corrected chi connectivity index (χ4v) is 3.61. The summed E-state index contributed by atoms with van der Waals surface area (Å²) >= 11 is 0. The molecule has 2 aromatic carbocycles. The fourth-order valence-electron chi connectivity index (χ4n) is 3.61. The molecule has 0 aliphatic heterocycles. The molecule has 0 aromatic heterocycles. The first-order valence-corrected chi connectivity index (χ1v) is 10.9. The zero-order valence-electron chi connectivity index (χ0n) is 19.3. The van der Waals surface area contributed by atoms with Crippen LogP contribution >= 0.6 is 0 Å². The van der Waals surface area contributed by atoms with Gasteiger partial charge in [0.2, 0.25) is 0 Å². The van der Waals surface area contributed by atoms with E-state index in [1.807, 2.05) is 26.2 Å². The predicted molar refractivity (Wildman–Crippen MR) is 138 cm³/mol. The molecule has 0 saturated heterocycles. The monoisotopic (exact) mass is 468 g/mol. The second kappa shape index (κ2) is 11.2. The number of carbonyl (C=O) groups is 4. The second-order valence-electron chi connectivity index (χ2n) is 8.00. The smallest absolute Gasteiger partial charge is 0.255 e. The standard InChI is InChI=1S/C24H21N3O4.C2H7N.4H2/c1-25-22(29)15-6-8-17(9-7-15)24(31)27-21-11-10-20(18-12-19(18)21)26-23(30)16-4-2-14(13-28)3-5-16;1-3-2;;;;/h2-11,13,18-19H,12H2,1H3,(H,25,29)(H,26,30)(H,27,31);3H,1-2H3;4*1H. The van der Waals surface area contributed by atoms with Crippen LogP contribution in [0.3, 0.4) is 0 Å². The summed E-state index contributed by atoms with van der Waals surface area (Å²) in [5, 5.41) is 11.2. The number of aldehydes is 1. The predicted octanol–water partition coefficient (Wildman–Crippen LogP) is 3.26. The zero-order chi connectivity index (χ0) is 24.7. The van der Waals surface area contributed by atoms with Crippen molar-refractivity contribution in [3.05, 3.63) is 94.3 Å². The number of hydrogen-bond acceptors (Lipinski definition) is 5. The molecule has 8 heteroatoms. The highest BCUT2D eigenvalue weighted by Crippen LogP contribution is 2.49. The Morgan fingerprint density at radius 3 is 1.50 bits per heavy atom. The van der Waals surface area contributed by atoms with Crippen molar-refractivity contribution in [3.8, 4) is 0 Å². The van der Waals surface area contributed by atoms with Gasteiger partial charge in [-0.05, 0) is 69.1 Å². The van der Waals surface area contributed by atoms with Gasteiger partial charge in [-0.2, -0.15) is 0 Å². The topological polar surface area (TPSA) is 116 Å². The summed E-state index contributed by atoms with van der Waals surface area (Å²) in [6.45, 7) is 0. The molecule has 1 saturated carbocycles. The van der Waals surface area contributed by atoms with Crippen LogP contribution < -0.4 is 21.3 Å². The summed E-state index contributed by atoms with van der Waals surface area (Å²) in [4.78, 5) is 47.4. The van der Waals surface area contributed by atoms with Gasteiger partial charge in [-0.15, -0.1) is 0 Å². The van der Waals surface area contributed by atoms with E-state index in [1.165, 1.54) is 0 Å². The van der Waals surface area contributed by atoms with E-state index in [0.717, 1.165) is 24.1 Å². The van der Waals surface area contributed by atoms with Crippen LogP contribution in [0.4, 0.5) is 0 Å². The third-order valence-electron chi connectivity index (χ3n) is 5.49. The maximum Gasteiger partial charge on any atom is 0.255 e. The van der Waals surface area contributed by atoms with Crippen LogP contribution in [0.25, 0.3) is 0 Å². The van der Waals surface area contributed by atoms with E-state index in [1.54, 1.807) is 55.6 Å². The second-order valence-corrected chi connectivity index (χ2v) is 8.00. The fraction of sp³-hybridized carbons (Fsp3) is 0.231. The number of fused-ring (bicyclic) bond motifs is 1. The third-order valence-corrected chi connectivity index (χ3v) is 5.49. The lowest BCUT2D eigenvalue weighted by molar-refractivity contribution is 0.0950. The van der Waals surface area contributed by atoms with E-state index in [9.17, 15) is 19.2 Å². The van der Waals surface area contributed by atoms with Crippen molar-refractivity contribution in [1.29, 1.82) is 0 Å². The molecule has 184 valence electrons. The first kappa shape index (κ1) is 24.6. The average molecular weight is 469 g/mol. The minimum absolute atomic E-state index is 0. The number of carbonyl (C=O) groups excluding carboxylic acids is 4. The summed E-state index contributed by atoms with van der Waals surface area (Å²) < 4.78 is 0. The Morgan fingerprint density at radius 2 is 1.12 bits per heavy atom. The molecule has 34 heavy (non-hydrogen) atoms. The van der Waals surface area contributed by atoms with E-state index in [4.69, 9.17) is 0 Å². The Hall–Kier alpha value is -4.04. The number of nitrogens with one attached hydrogen (secondary N) is 4. The summed E-state index contributed by atoms with van der Waals surface area (Å²) in [7, 11) is 5.30. The molecule has 4 rings (SSSR count). The summed E-state index contributed by atoms with van der Waals surface area (Å²) in [5.74, 6) is -0.355. The van der Waals surface area contributed by atoms with Gasteiger partial charge in [0.25, 0.3) is 17.7 Å². The molecule has 4 N–H and O–H groups in total. The van der Waals surface area contributed by atoms with E-state index < -0.39 is 0 Å². The van der Waals surface area contributed by atoms with Crippen LogP contribution in [0.2, 0.25) is 0 Å². The van der Waals surface area contributed by atoms with Gasteiger partial charge in [-0.25, -0.2) is 0 Å². The highest BCUT2D eigenvalue weighted by molar-refractivity contribution is 5.98. The molecule has 2 aliphatic rings. The highest BCUT2D eigenvalue weighted by atomic mass is 16.2. The van der Waals surface area contributed by atoms with Gasteiger partial charge in [-0.1, -0.05) is 12.1 Å². The summed E-state index contributed by atoms with van der Waals surface area (Å²) in [5.41, 5.74) is 3.59. The van der Waals surface area contributed by atoms with E-state index in [0.29, 0.717) is 22.3 Å². The maximum atomic E-state index is 12.6. The van der Waals surface area contributed by atoms with Gasteiger partial charge < -0.3 is 21.3 Å². The number of amides is 3. The lowest BCUT2D eigenvalue weighted by Crippen LogP contribution is -2.28. The highest BCUT2D eigenvalue weighted by Gasteiger charge is 2.45. The van der Waals surface area contributed by atoms with E-state index >= 15 is 0 Å². The van der Waals surface area contributed by atoms with E-state index in [2.05, 4.69) is 21.3 Å². The molecule has 3 amide bonds. The summed E-state index contributed by atoms with van der Waals surface area (Å²) in [6, 6.07) is 12.9. The molecule has 0 bridgehead atoms. The molecular weight excluding hydrogens is 432 g/mol. The number of hydrogen-bond donors (Lipinski definition) is 4. The minimum Gasteiger partial charge on any atom is -0.355 e. The molecule has 0 spiro atoms. The molecule has 1 fully saturated rings. The van der Waals surface area contributed by atoms with Crippen molar-refractivity contribution in [2.75, 3.05) is 21.1 Å². The van der Waals surface area contributed by atoms with Crippen molar-refractivity contribution in [1.82, 2.24) is 21.3 Å². The molecule has 0 radical (unpaired) electrons. The molecule has 2 aromatic rings. The van der Waals surface area contributed by atoms with Gasteiger partial charge in [0, 0.05) is 58.2 Å². The van der Waals surface area contributed by atoms with Crippen molar-refractivity contribution >= 4 is 24.0 Å². The van der Waals surface area contributed by atoms with Crippen LogP contribution in [0.1, 0.15) is 53.6 Å².